The molecule has 0 saturated heterocycles. The third-order valence-electron chi connectivity index (χ3n) is 3.87. The van der Waals surface area contributed by atoms with Crippen LogP contribution in [-0.4, -0.2) is 38.0 Å². The van der Waals surface area contributed by atoms with E-state index in [0.29, 0.717) is 0 Å². The number of hydrogen-bond acceptors (Lipinski definition) is 2. The Hall–Kier alpha value is -2.29. The summed E-state index contributed by atoms with van der Waals surface area (Å²) in [6.45, 7) is 1.60. The molecule has 0 atom stereocenters. The average molecular weight is 266 g/mol. The second-order valence-corrected chi connectivity index (χ2v) is 5.21. The zero-order valence-corrected chi connectivity index (χ0v) is 11.8. The fraction of sp³-hybridized carbons (Fsp3) is 0.235. The lowest BCUT2D eigenvalue weighted by molar-refractivity contribution is 0.0805. The van der Waals surface area contributed by atoms with E-state index in [1.807, 2.05) is 62.6 Å². The highest BCUT2D eigenvalue weighted by Crippen LogP contribution is 2.33. The minimum absolute atomic E-state index is 0.101. The lowest BCUT2D eigenvalue weighted by Gasteiger charge is -2.19. The van der Waals surface area contributed by atoms with Crippen molar-refractivity contribution in [1.29, 1.82) is 0 Å². The van der Waals surface area contributed by atoms with Crippen LogP contribution in [0, 0.1) is 0 Å². The van der Waals surface area contributed by atoms with Gasteiger partial charge >= 0.3 is 0 Å². The van der Waals surface area contributed by atoms with Crippen molar-refractivity contribution in [2.75, 3.05) is 32.1 Å². The van der Waals surface area contributed by atoms with Gasteiger partial charge in [0.25, 0.3) is 5.91 Å². The summed E-state index contributed by atoms with van der Waals surface area (Å²) in [4.78, 5) is 16.6. The smallest absolute Gasteiger partial charge is 0.256 e. The number of benzene rings is 2. The number of rotatable bonds is 1. The Bertz CT molecular complexity index is 637. The molecule has 20 heavy (non-hydrogen) atoms. The van der Waals surface area contributed by atoms with Crippen molar-refractivity contribution in [3.8, 4) is 11.1 Å². The van der Waals surface area contributed by atoms with E-state index >= 15 is 0 Å². The summed E-state index contributed by atoms with van der Waals surface area (Å²) in [6, 6.07) is 16.2. The van der Waals surface area contributed by atoms with Gasteiger partial charge in [0.2, 0.25) is 0 Å². The van der Waals surface area contributed by atoms with Crippen molar-refractivity contribution in [3.05, 3.63) is 54.1 Å². The largest absolute Gasteiger partial charge is 0.372 e. The quantitative estimate of drug-likeness (QED) is 0.792. The first-order valence-electron chi connectivity index (χ1n) is 6.83. The molecule has 3 heteroatoms. The van der Waals surface area contributed by atoms with Gasteiger partial charge < -0.3 is 9.80 Å². The Labute approximate surface area is 119 Å². The van der Waals surface area contributed by atoms with Gasteiger partial charge in [0.1, 0.15) is 0 Å². The Balaban J connectivity index is 2.24. The van der Waals surface area contributed by atoms with Gasteiger partial charge in [-0.2, -0.15) is 0 Å². The summed E-state index contributed by atoms with van der Waals surface area (Å²) in [5.74, 6) is 0.101. The molecule has 0 spiro atoms. The molecule has 0 fully saturated rings. The molecule has 0 aromatic heterocycles. The zero-order chi connectivity index (χ0) is 14.1. The van der Waals surface area contributed by atoms with Crippen LogP contribution in [0.15, 0.2) is 48.5 Å². The standard InChI is InChI=1S/C17H18N2O/c1-18-11-12-19(2)17(20)16-14(9-6-10-15(16)18)13-7-4-3-5-8-13/h3-10H,11-12H2,1-2H3. The normalized spacial score (nSPS) is 15.0. The van der Waals surface area contributed by atoms with E-state index in [1.165, 1.54) is 0 Å². The van der Waals surface area contributed by atoms with Gasteiger partial charge in [-0.05, 0) is 17.2 Å². The Morgan fingerprint density at radius 1 is 0.850 bits per heavy atom. The second-order valence-electron chi connectivity index (χ2n) is 5.21. The number of likely N-dealkylation sites (N-methyl/N-ethyl adjacent to an activating group) is 2. The van der Waals surface area contributed by atoms with Crippen LogP contribution in [-0.2, 0) is 0 Å². The van der Waals surface area contributed by atoms with Crippen molar-refractivity contribution < 1.29 is 4.79 Å². The molecule has 2 aromatic rings. The van der Waals surface area contributed by atoms with Crippen LogP contribution in [0.4, 0.5) is 5.69 Å². The molecule has 0 aliphatic carbocycles. The fourth-order valence-corrected chi connectivity index (χ4v) is 2.65. The van der Waals surface area contributed by atoms with Crippen molar-refractivity contribution >= 4 is 11.6 Å². The summed E-state index contributed by atoms with van der Waals surface area (Å²) < 4.78 is 0. The Kier molecular flexibility index (Phi) is 3.18. The first kappa shape index (κ1) is 12.7. The number of fused-ring (bicyclic) bond motifs is 1. The number of carbonyl (C=O) groups is 1. The van der Waals surface area contributed by atoms with Crippen LogP contribution >= 0.6 is 0 Å². The van der Waals surface area contributed by atoms with E-state index in [2.05, 4.69) is 4.90 Å². The van der Waals surface area contributed by atoms with E-state index in [-0.39, 0.29) is 5.91 Å². The van der Waals surface area contributed by atoms with E-state index < -0.39 is 0 Å². The highest BCUT2D eigenvalue weighted by atomic mass is 16.2. The van der Waals surface area contributed by atoms with Crippen LogP contribution in [0.2, 0.25) is 0 Å². The minimum atomic E-state index is 0.101. The number of hydrogen-bond donors (Lipinski definition) is 0. The molecule has 3 rings (SSSR count). The Morgan fingerprint density at radius 3 is 2.30 bits per heavy atom. The number of anilines is 1. The lowest BCUT2D eigenvalue weighted by atomic mass is 9.97. The maximum Gasteiger partial charge on any atom is 0.256 e. The van der Waals surface area contributed by atoms with Crippen LogP contribution < -0.4 is 4.90 Å². The maximum atomic E-state index is 12.7. The van der Waals surface area contributed by atoms with Gasteiger partial charge in [-0.25, -0.2) is 0 Å². The molecule has 0 radical (unpaired) electrons. The van der Waals surface area contributed by atoms with Crippen LogP contribution in [0.5, 0.6) is 0 Å². The molecule has 1 amide bonds. The van der Waals surface area contributed by atoms with Crippen LogP contribution in [0.1, 0.15) is 10.4 Å². The van der Waals surface area contributed by atoms with Crippen LogP contribution in [0.3, 0.4) is 0 Å². The van der Waals surface area contributed by atoms with Crippen molar-refractivity contribution in [3.63, 3.8) is 0 Å². The van der Waals surface area contributed by atoms with Crippen molar-refractivity contribution in [2.24, 2.45) is 0 Å². The predicted octanol–water partition coefficient (Wildman–Crippen LogP) is 2.88. The molecule has 0 N–H and O–H groups in total. The molecule has 102 valence electrons. The molecule has 1 aliphatic rings. The van der Waals surface area contributed by atoms with E-state index in [1.54, 1.807) is 4.90 Å². The van der Waals surface area contributed by atoms with Gasteiger partial charge in [-0.3, -0.25) is 4.79 Å². The van der Waals surface area contributed by atoms with Crippen molar-refractivity contribution in [1.82, 2.24) is 4.90 Å². The summed E-state index contributed by atoms with van der Waals surface area (Å²) >= 11 is 0. The molecular formula is C17H18N2O. The third kappa shape index (κ3) is 2.05. The minimum Gasteiger partial charge on any atom is -0.372 e. The molecule has 1 heterocycles. The zero-order valence-electron chi connectivity index (χ0n) is 11.8. The van der Waals surface area contributed by atoms with Crippen molar-refractivity contribution in [2.45, 2.75) is 0 Å². The predicted molar refractivity (Wildman–Crippen MR) is 82.1 cm³/mol. The van der Waals surface area contributed by atoms with Gasteiger partial charge in [-0.1, -0.05) is 42.5 Å². The van der Waals surface area contributed by atoms with E-state index in [0.717, 1.165) is 35.5 Å². The molecule has 2 aromatic carbocycles. The summed E-state index contributed by atoms with van der Waals surface area (Å²) in [7, 11) is 3.91. The molecule has 1 aliphatic heterocycles. The molecule has 0 bridgehead atoms. The van der Waals surface area contributed by atoms with E-state index in [4.69, 9.17) is 0 Å². The maximum absolute atomic E-state index is 12.7. The van der Waals surface area contributed by atoms with Gasteiger partial charge in [-0.15, -0.1) is 0 Å². The Morgan fingerprint density at radius 2 is 1.55 bits per heavy atom. The van der Waals surface area contributed by atoms with Gasteiger partial charge in [0.05, 0.1) is 5.56 Å². The molecular weight excluding hydrogens is 248 g/mol. The first-order chi connectivity index (χ1) is 9.68. The highest BCUT2D eigenvalue weighted by molar-refractivity contribution is 6.06. The molecule has 0 saturated carbocycles. The van der Waals surface area contributed by atoms with E-state index in [9.17, 15) is 4.79 Å². The highest BCUT2D eigenvalue weighted by Gasteiger charge is 2.25. The fourth-order valence-electron chi connectivity index (χ4n) is 2.65. The summed E-state index contributed by atoms with van der Waals surface area (Å²) in [6.07, 6.45) is 0. The SMILES string of the molecule is CN1CCN(C)c2cccc(-c3ccccc3)c2C1=O. The number of amides is 1. The first-order valence-corrected chi connectivity index (χ1v) is 6.83. The van der Waals surface area contributed by atoms with Gasteiger partial charge in [0.15, 0.2) is 0 Å². The third-order valence-corrected chi connectivity index (χ3v) is 3.87. The summed E-state index contributed by atoms with van der Waals surface area (Å²) in [5, 5.41) is 0. The van der Waals surface area contributed by atoms with Gasteiger partial charge in [0, 0.05) is 32.9 Å². The number of nitrogens with zero attached hydrogens (tertiary/aromatic N) is 2. The average Bonchev–Trinajstić information content (AvgIpc) is 2.61. The topological polar surface area (TPSA) is 23.6 Å². The molecule has 0 unspecified atom stereocenters. The lowest BCUT2D eigenvalue weighted by Crippen LogP contribution is -2.30. The second kappa shape index (κ2) is 5.00. The monoisotopic (exact) mass is 266 g/mol. The summed E-state index contributed by atoms with van der Waals surface area (Å²) in [5.41, 5.74) is 3.91. The van der Waals surface area contributed by atoms with Crippen LogP contribution in [0.25, 0.3) is 11.1 Å². The number of carbonyl (C=O) groups excluding carboxylic acids is 1. The molecule has 3 nitrogen and oxygen atoms in total.